The Hall–Kier alpha value is -4.14. The predicted octanol–water partition coefficient (Wildman–Crippen LogP) is 5.82. The normalized spacial score (nSPS) is 11.4. The molecule has 0 unspecified atom stereocenters. The number of ether oxygens (including phenoxy) is 1. The summed E-state index contributed by atoms with van der Waals surface area (Å²) in [6.07, 6.45) is -3.64. The number of hydrogen-bond donors (Lipinski definition) is 2. The lowest BCUT2D eigenvalue weighted by atomic mass is 9.98. The SMILES string of the molecule is Cc1ccc(NC(=O)Oc2ccc(C(F)(F)F)cc2)cc1-c1ccc2nc(N)ncc2c1. The number of carbonyl (C=O) groups is 1. The minimum absolute atomic E-state index is 0.00311. The Morgan fingerprint density at radius 1 is 1.03 bits per heavy atom. The van der Waals surface area contributed by atoms with Gasteiger partial charge in [-0.25, -0.2) is 14.8 Å². The van der Waals surface area contributed by atoms with Crippen LogP contribution in [0.4, 0.5) is 29.6 Å². The molecule has 1 amide bonds. The number of rotatable bonds is 3. The van der Waals surface area contributed by atoms with Gasteiger partial charge in [-0.1, -0.05) is 12.1 Å². The molecule has 4 aromatic rings. The molecule has 0 spiro atoms. The van der Waals surface area contributed by atoms with Crippen LogP contribution < -0.4 is 15.8 Å². The minimum Gasteiger partial charge on any atom is -0.410 e. The molecule has 0 saturated carbocycles. The molecule has 3 aromatic carbocycles. The molecule has 0 aliphatic rings. The highest BCUT2D eigenvalue weighted by Crippen LogP contribution is 2.31. The topological polar surface area (TPSA) is 90.1 Å². The van der Waals surface area contributed by atoms with Crippen LogP contribution >= 0.6 is 0 Å². The Morgan fingerprint density at radius 3 is 2.50 bits per heavy atom. The molecule has 0 aliphatic heterocycles. The van der Waals surface area contributed by atoms with Gasteiger partial charge < -0.3 is 10.5 Å². The average Bonchev–Trinajstić information content (AvgIpc) is 2.74. The van der Waals surface area contributed by atoms with Crippen LogP contribution in [-0.4, -0.2) is 16.1 Å². The number of amides is 1. The van der Waals surface area contributed by atoms with Gasteiger partial charge in [-0.2, -0.15) is 13.2 Å². The van der Waals surface area contributed by atoms with Crippen molar-refractivity contribution in [2.24, 2.45) is 0 Å². The molecule has 3 N–H and O–H groups in total. The molecule has 32 heavy (non-hydrogen) atoms. The number of aromatic nitrogens is 2. The van der Waals surface area contributed by atoms with E-state index in [1.165, 1.54) is 0 Å². The highest BCUT2D eigenvalue weighted by atomic mass is 19.4. The first kappa shape index (κ1) is 21.1. The van der Waals surface area contributed by atoms with Crippen molar-refractivity contribution in [2.45, 2.75) is 13.1 Å². The molecule has 1 heterocycles. The van der Waals surface area contributed by atoms with Crippen molar-refractivity contribution >= 4 is 28.6 Å². The Morgan fingerprint density at radius 2 is 1.78 bits per heavy atom. The van der Waals surface area contributed by atoms with Crippen molar-refractivity contribution in [1.29, 1.82) is 0 Å². The molecule has 0 radical (unpaired) electrons. The molecule has 0 aliphatic carbocycles. The van der Waals surface area contributed by atoms with Crippen LogP contribution in [0.1, 0.15) is 11.1 Å². The fraction of sp³-hybridized carbons (Fsp3) is 0.0870. The third kappa shape index (κ3) is 4.61. The molecule has 0 bridgehead atoms. The summed E-state index contributed by atoms with van der Waals surface area (Å²) >= 11 is 0. The number of nitrogens with one attached hydrogen (secondary N) is 1. The van der Waals surface area contributed by atoms with E-state index in [9.17, 15) is 18.0 Å². The van der Waals surface area contributed by atoms with E-state index in [1.54, 1.807) is 18.3 Å². The Balaban J connectivity index is 1.52. The lowest BCUT2D eigenvalue weighted by Crippen LogP contribution is -2.17. The first-order chi connectivity index (χ1) is 15.2. The number of fused-ring (bicyclic) bond motifs is 1. The quantitative estimate of drug-likeness (QED) is 0.421. The van der Waals surface area contributed by atoms with E-state index >= 15 is 0 Å². The van der Waals surface area contributed by atoms with E-state index in [2.05, 4.69) is 15.3 Å². The number of halogens is 3. The van der Waals surface area contributed by atoms with Crippen molar-refractivity contribution in [3.05, 3.63) is 78.0 Å². The molecule has 0 fully saturated rings. The first-order valence-corrected chi connectivity index (χ1v) is 9.48. The van der Waals surface area contributed by atoms with Crippen LogP contribution in [0.2, 0.25) is 0 Å². The highest BCUT2D eigenvalue weighted by molar-refractivity contribution is 5.89. The minimum atomic E-state index is -4.46. The molecule has 6 nitrogen and oxygen atoms in total. The maximum atomic E-state index is 12.7. The number of carbonyl (C=O) groups excluding carboxylic acids is 1. The Bertz CT molecular complexity index is 1310. The summed E-state index contributed by atoms with van der Waals surface area (Å²) < 4.78 is 43.0. The third-order valence-corrected chi connectivity index (χ3v) is 4.79. The number of nitrogen functional groups attached to an aromatic ring is 1. The molecule has 0 saturated heterocycles. The van der Waals surface area contributed by atoms with E-state index in [-0.39, 0.29) is 11.7 Å². The highest BCUT2D eigenvalue weighted by Gasteiger charge is 2.30. The first-order valence-electron chi connectivity index (χ1n) is 9.48. The zero-order valence-electron chi connectivity index (χ0n) is 16.8. The fourth-order valence-electron chi connectivity index (χ4n) is 3.19. The van der Waals surface area contributed by atoms with E-state index in [0.717, 1.165) is 46.3 Å². The number of benzene rings is 3. The zero-order valence-corrected chi connectivity index (χ0v) is 16.8. The van der Waals surface area contributed by atoms with Crippen molar-refractivity contribution in [2.75, 3.05) is 11.1 Å². The van der Waals surface area contributed by atoms with Crippen molar-refractivity contribution < 1.29 is 22.7 Å². The van der Waals surface area contributed by atoms with Crippen LogP contribution in [-0.2, 0) is 6.18 Å². The number of nitrogens with two attached hydrogens (primary N) is 1. The van der Waals surface area contributed by atoms with E-state index in [0.29, 0.717) is 11.2 Å². The predicted molar refractivity (Wildman–Crippen MR) is 115 cm³/mol. The fourth-order valence-corrected chi connectivity index (χ4v) is 3.19. The smallest absolute Gasteiger partial charge is 0.410 e. The summed E-state index contributed by atoms with van der Waals surface area (Å²) in [6, 6.07) is 14.9. The Labute approximate surface area is 180 Å². The van der Waals surface area contributed by atoms with Gasteiger partial charge in [0.1, 0.15) is 5.75 Å². The summed E-state index contributed by atoms with van der Waals surface area (Å²) in [7, 11) is 0. The number of alkyl halides is 3. The maximum Gasteiger partial charge on any atom is 0.417 e. The van der Waals surface area contributed by atoms with Gasteiger partial charge >= 0.3 is 12.3 Å². The van der Waals surface area contributed by atoms with Crippen LogP contribution in [0.15, 0.2) is 66.9 Å². The summed E-state index contributed by atoms with van der Waals surface area (Å²) in [5.74, 6) is 0.191. The number of hydrogen-bond acceptors (Lipinski definition) is 5. The molecular formula is C23H17F3N4O2. The standard InChI is InChI=1S/C23H17F3N4O2/c1-13-2-6-17(29-22(31)32-18-7-4-16(5-8-18)23(24,25)26)11-19(13)14-3-9-20-15(10-14)12-28-21(27)30-20/h2-12H,1H3,(H,29,31)(H2,27,28,30). The third-order valence-electron chi connectivity index (χ3n) is 4.79. The number of aryl methyl sites for hydroxylation is 1. The van der Waals surface area contributed by atoms with Gasteiger partial charge in [-0.05, 0) is 72.1 Å². The zero-order chi connectivity index (χ0) is 22.9. The molecule has 9 heteroatoms. The second-order valence-electron chi connectivity index (χ2n) is 7.07. The largest absolute Gasteiger partial charge is 0.417 e. The van der Waals surface area contributed by atoms with E-state index in [4.69, 9.17) is 10.5 Å². The molecule has 162 valence electrons. The van der Waals surface area contributed by atoms with Gasteiger partial charge in [0, 0.05) is 17.3 Å². The molecule has 0 atom stereocenters. The summed E-state index contributed by atoms with van der Waals surface area (Å²) in [5, 5.41) is 3.41. The van der Waals surface area contributed by atoms with Gasteiger partial charge in [0.2, 0.25) is 5.95 Å². The van der Waals surface area contributed by atoms with Gasteiger partial charge in [0.25, 0.3) is 0 Å². The molecule has 1 aromatic heterocycles. The summed E-state index contributed by atoms with van der Waals surface area (Å²) in [4.78, 5) is 20.4. The number of anilines is 2. The van der Waals surface area contributed by atoms with E-state index < -0.39 is 17.8 Å². The van der Waals surface area contributed by atoms with Gasteiger partial charge in [-0.15, -0.1) is 0 Å². The second kappa shape index (κ2) is 8.18. The van der Waals surface area contributed by atoms with Crippen LogP contribution in [0.3, 0.4) is 0 Å². The van der Waals surface area contributed by atoms with E-state index in [1.807, 2.05) is 31.2 Å². The van der Waals surface area contributed by atoms with Crippen LogP contribution in [0.25, 0.3) is 22.0 Å². The van der Waals surface area contributed by atoms with Gasteiger partial charge in [0.05, 0.1) is 11.1 Å². The lowest BCUT2D eigenvalue weighted by molar-refractivity contribution is -0.137. The molecular weight excluding hydrogens is 421 g/mol. The van der Waals surface area contributed by atoms with Crippen molar-refractivity contribution in [3.8, 4) is 16.9 Å². The Kier molecular flexibility index (Phi) is 5.40. The summed E-state index contributed by atoms with van der Waals surface area (Å²) in [6.45, 7) is 1.93. The van der Waals surface area contributed by atoms with Gasteiger partial charge in [-0.3, -0.25) is 5.32 Å². The number of nitrogens with zero attached hydrogens (tertiary/aromatic N) is 2. The van der Waals surface area contributed by atoms with Crippen molar-refractivity contribution in [1.82, 2.24) is 9.97 Å². The maximum absolute atomic E-state index is 12.7. The van der Waals surface area contributed by atoms with Crippen molar-refractivity contribution in [3.63, 3.8) is 0 Å². The second-order valence-corrected chi connectivity index (χ2v) is 7.07. The molecule has 4 rings (SSSR count). The average molecular weight is 438 g/mol. The van der Waals surface area contributed by atoms with Gasteiger partial charge in [0.15, 0.2) is 0 Å². The summed E-state index contributed by atoms with van der Waals surface area (Å²) in [5.41, 5.74) is 8.72. The van der Waals surface area contributed by atoms with Crippen LogP contribution in [0, 0.1) is 6.92 Å². The lowest BCUT2D eigenvalue weighted by Gasteiger charge is -2.12. The monoisotopic (exact) mass is 438 g/mol. The van der Waals surface area contributed by atoms with Crippen LogP contribution in [0.5, 0.6) is 5.75 Å².